The molecule has 0 fully saturated rings. The van der Waals surface area contributed by atoms with Gasteiger partial charge in [0.15, 0.2) is 17.6 Å². The lowest BCUT2D eigenvalue weighted by atomic mass is 10.1. The molecule has 1 atom stereocenters. The van der Waals surface area contributed by atoms with Gasteiger partial charge >= 0.3 is 0 Å². The highest BCUT2D eigenvalue weighted by molar-refractivity contribution is 6.01. The molecular weight excluding hydrogens is 272 g/mol. The molecule has 0 radical (unpaired) electrons. The van der Waals surface area contributed by atoms with Gasteiger partial charge in [-0.2, -0.15) is 5.26 Å². The maximum Gasteiger partial charge on any atom is 0.268 e. The lowest BCUT2D eigenvalue weighted by Crippen LogP contribution is -2.44. The summed E-state index contributed by atoms with van der Waals surface area (Å²) in [5, 5.41) is 8.90. The molecule has 1 aliphatic rings. The number of carbonyl (C=O) groups is 2. The topological polar surface area (TPSA) is 79.6 Å². The average Bonchev–Trinajstić information content (AvgIpc) is 2.49. The molecule has 2 rings (SSSR count). The molecule has 0 spiro atoms. The van der Waals surface area contributed by atoms with Crippen LogP contribution in [0.3, 0.4) is 0 Å². The van der Waals surface area contributed by atoms with Gasteiger partial charge in [0.2, 0.25) is 0 Å². The molecule has 21 heavy (non-hydrogen) atoms. The fourth-order valence-corrected chi connectivity index (χ4v) is 2.11. The molecule has 1 unspecified atom stereocenters. The van der Waals surface area contributed by atoms with Gasteiger partial charge in [0.05, 0.1) is 18.4 Å². The SMILES string of the molecule is CCCOc1cc(C=O)cc2c1OC(C)C(=O)N2CC#N. The van der Waals surface area contributed by atoms with Crippen LogP contribution in [0.2, 0.25) is 0 Å². The van der Waals surface area contributed by atoms with Crippen LogP contribution in [0.1, 0.15) is 30.6 Å². The van der Waals surface area contributed by atoms with Gasteiger partial charge in [-0.05, 0) is 25.5 Å². The number of fused-ring (bicyclic) bond motifs is 1. The van der Waals surface area contributed by atoms with Crippen LogP contribution in [-0.4, -0.2) is 31.4 Å². The van der Waals surface area contributed by atoms with E-state index in [2.05, 4.69) is 0 Å². The molecule has 0 aliphatic carbocycles. The molecule has 1 aromatic carbocycles. The van der Waals surface area contributed by atoms with E-state index in [0.29, 0.717) is 35.6 Å². The second-order valence-corrected chi connectivity index (χ2v) is 4.68. The molecule has 0 saturated heterocycles. The fraction of sp³-hybridized carbons (Fsp3) is 0.400. The minimum atomic E-state index is -0.697. The van der Waals surface area contributed by atoms with Crippen LogP contribution < -0.4 is 14.4 Å². The first kappa shape index (κ1) is 14.9. The quantitative estimate of drug-likeness (QED) is 0.611. The van der Waals surface area contributed by atoms with Crippen molar-refractivity contribution in [3.8, 4) is 17.6 Å². The van der Waals surface area contributed by atoms with E-state index in [1.807, 2.05) is 13.0 Å². The summed E-state index contributed by atoms with van der Waals surface area (Å²) in [6, 6.07) is 5.06. The third-order valence-electron chi connectivity index (χ3n) is 3.08. The van der Waals surface area contributed by atoms with Crippen molar-refractivity contribution < 1.29 is 19.1 Å². The highest BCUT2D eigenvalue weighted by Crippen LogP contribution is 2.42. The smallest absolute Gasteiger partial charge is 0.268 e. The first-order chi connectivity index (χ1) is 10.1. The van der Waals surface area contributed by atoms with Crippen LogP contribution in [0.4, 0.5) is 5.69 Å². The number of carbonyl (C=O) groups excluding carboxylic acids is 2. The number of nitrogens with zero attached hydrogens (tertiary/aromatic N) is 2. The number of amides is 1. The summed E-state index contributed by atoms with van der Waals surface area (Å²) >= 11 is 0. The summed E-state index contributed by atoms with van der Waals surface area (Å²) in [5.74, 6) is 0.503. The largest absolute Gasteiger partial charge is 0.490 e. The van der Waals surface area contributed by atoms with Crippen molar-refractivity contribution in [3.63, 3.8) is 0 Å². The van der Waals surface area contributed by atoms with Crippen LogP contribution in [0.5, 0.6) is 11.5 Å². The van der Waals surface area contributed by atoms with Crippen molar-refractivity contribution >= 4 is 17.9 Å². The molecule has 0 aromatic heterocycles. The van der Waals surface area contributed by atoms with Gasteiger partial charge in [-0.1, -0.05) is 6.92 Å². The van der Waals surface area contributed by atoms with Gasteiger partial charge < -0.3 is 9.47 Å². The highest BCUT2D eigenvalue weighted by atomic mass is 16.5. The number of anilines is 1. The number of benzene rings is 1. The Balaban J connectivity index is 2.55. The molecule has 1 aliphatic heterocycles. The molecule has 1 amide bonds. The maximum absolute atomic E-state index is 12.1. The zero-order valence-corrected chi connectivity index (χ0v) is 12.0. The van der Waals surface area contributed by atoms with Crippen molar-refractivity contribution in [3.05, 3.63) is 17.7 Å². The van der Waals surface area contributed by atoms with Gasteiger partial charge in [-0.3, -0.25) is 14.5 Å². The van der Waals surface area contributed by atoms with E-state index in [-0.39, 0.29) is 12.5 Å². The minimum absolute atomic E-state index is 0.102. The predicted octanol–water partition coefficient (Wildman–Crippen LogP) is 1.93. The zero-order chi connectivity index (χ0) is 15.4. The van der Waals surface area contributed by atoms with Crippen molar-refractivity contribution in [1.82, 2.24) is 0 Å². The van der Waals surface area contributed by atoms with Crippen LogP contribution in [-0.2, 0) is 4.79 Å². The van der Waals surface area contributed by atoms with Crippen molar-refractivity contribution in [2.45, 2.75) is 26.4 Å². The number of aldehydes is 1. The molecular formula is C15H16N2O4. The first-order valence-electron chi connectivity index (χ1n) is 6.73. The molecule has 6 heteroatoms. The third-order valence-corrected chi connectivity index (χ3v) is 3.08. The zero-order valence-electron chi connectivity index (χ0n) is 12.0. The summed E-state index contributed by atoms with van der Waals surface area (Å²) < 4.78 is 11.2. The summed E-state index contributed by atoms with van der Waals surface area (Å²) in [7, 11) is 0. The van der Waals surface area contributed by atoms with E-state index in [0.717, 1.165) is 6.42 Å². The molecule has 0 bridgehead atoms. The van der Waals surface area contributed by atoms with E-state index in [4.69, 9.17) is 14.7 Å². The summed E-state index contributed by atoms with van der Waals surface area (Å²) in [6.45, 7) is 3.95. The molecule has 0 saturated carbocycles. The Morgan fingerprint density at radius 3 is 2.90 bits per heavy atom. The Hall–Kier alpha value is -2.55. The lowest BCUT2D eigenvalue weighted by molar-refractivity contribution is -0.125. The Kier molecular flexibility index (Phi) is 4.43. The Bertz CT molecular complexity index is 606. The first-order valence-corrected chi connectivity index (χ1v) is 6.73. The molecule has 1 heterocycles. The number of ether oxygens (including phenoxy) is 2. The lowest BCUT2D eigenvalue weighted by Gasteiger charge is -2.32. The average molecular weight is 288 g/mol. The molecule has 1 aromatic rings. The Morgan fingerprint density at radius 1 is 1.52 bits per heavy atom. The highest BCUT2D eigenvalue weighted by Gasteiger charge is 2.34. The second-order valence-electron chi connectivity index (χ2n) is 4.68. The van der Waals surface area contributed by atoms with Crippen LogP contribution in [0, 0.1) is 11.3 Å². The van der Waals surface area contributed by atoms with Gasteiger partial charge in [0, 0.05) is 5.56 Å². The third kappa shape index (κ3) is 2.82. The molecule has 110 valence electrons. The van der Waals surface area contributed by atoms with Crippen molar-refractivity contribution in [2.24, 2.45) is 0 Å². The van der Waals surface area contributed by atoms with E-state index in [1.165, 1.54) is 11.0 Å². The standard InChI is InChI=1S/C15H16N2O4/c1-3-6-20-13-8-11(9-18)7-12-14(13)21-10(2)15(19)17(12)5-4-16/h7-10H,3,5-6H2,1-2H3. The second kappa shape index (κ2) is 6.27. The van der Waals surface area contributed by atoms with Gasteiger partial charge in [0.1, 0.15) is 12.8 Å². The van der Waals surface area contributed by atoms with Crippen molar-refractivity contribution in [2.75, 3.05) is 18.1 Å². The van der Waals surface area contributed by atoms with Gasteiger partial charge in [-0.15, -0.1) is 0 Å². The van der Waals surface area contributed by atoms with Crippen LogP contribution in [0.15, 0.2) is 12.1 Å². The van der Waals surface area contributed by atoms with E-state index in [1.54, 1.807) is 13.0 Å². The van der Waals surface area contributed by atoms with Crippen molar-refractivity contribution in [1.29, 1.82) is 5.26 Å². The Labute approximate surface area is 122 Å². The summed E-state index contributed by atoms with van der Waals surface area (Å²) in [5.41, 5.74) is 0.768. The number of nitriles is 1. The van der Waals surface area contributed by atoms with E-state index < -0.39 is 6.10 Å². The maximum atomic E-state index is 12.1. The number of rotatable bonds is 5. The summed E-state index contributed by atoms with van der Waals surface area (Å²) in [4.78, 5) is 24.5. The Morgan fingerprint density at radius 2 is 2.29 bits per heavy atom. The van der Waals surface area contributed by atoms with Gasteiger partial charge in [-0.25, -0.2) is 0 Å². The molecule has 6 nitrogen and oxygen atoms in total. The number of hydrogen-bond acceptors (Lipinski definition) is 5. The summed E-state index contributed by atoms with van der Waals surface area (Å²) in [6.07, 6.45) is 0.778. The van der Waals surface area contributed by atoms with E-state index >= 15 is 0 Å². The number of hydrogen-bond donors (Lipinski definition) is 0. The van der Waals surface area contributed by atoms with Gasteiger partial charge in [0.25, 0.3) is 5.91 Å². The predicted molar refractivity (Wildman–Crippen MR) is 75.7 cm³/mol. The fourth-order valence-electron chi connectivity index (χ4n) is 2.11. The molecule has 0 N–H and O–H groups in total. The monoisotopic (exact) mass is 288 g/mol. The van der Waals surface area contributed by atoms with Crippen LogP contribution in [0.25, 0.3) is 0 Å². The van der Waals surface area contributed by atoms with E-state index in [9.17, 15) is 9.59 Å². The van der Waals surface area contributed by atoms with Crippen LogP contribution >= 0.6 is 0 Å². The minimum Gasteiger partial charge on any atom is -0.490 e. The normalized spacial score (nSPS) is 16.7.